The van der Waals surface area contributed by atoms with E-state index in [0.717, 1.165) is 10.9 Å². The van der Waals surface area contributed by atoms with E-state index in [0.29, 0.717) is 53.4 Å². The fourth-order valence-electron chi connectivity index (χ4n) is 5.09. The van der Waals surface area contributed by atoms with Gasteiger partial charge in [0.15, 0.2) is 0 Å². The van der Waals surface area contributed by atoms with Crippen molar-refractivity contribution in [2.45, 2.75) is 75.9 Å². The van der Waals surface area contributed by atoms with Crippen LogP contribution in [0.2, 0.25) is 0 Å². The minimum absolute atomic E-state index is 0.0395. The number of ether oxygens (including phenoxy) is 2. The lowest BCUT2D eigenvalue weighted by Crippen LogP contribution is -2.29. The van der Waals surface area contributed by atoms with Crippen LogP contribution in [0, 0.1) is 0 Å². The third-order valence-corrected chi connectivity index (χ3v) is 9.12. The summed E-state index contributed by atoms with van der Waals surface area (Å²) in [7, 11) is -3.12. The second kappa shape index (κ2) is 9.46. The number of anilines is 2. The zero-order valence-corrected chi connectivity index (χ0v) is 23.0. The van der Waals surface area contributed by atoms with E-state index < -0.39 is 20.6 Å². The van der Waals surface area contributed by atoms with Crippen LogP contribution in [0.5, 0.6) is 5.88 Å². The van der Waals surface area contributed by atoms with Gasteiger partial charge in [-0.3, -0.25) is 0 Å². The number of nitrogens with two attached hydrogens (primary N) is 1. The lowest BCUT2D eigenvalue weighted by molar-refractivity contribution is 0.0235. The number of fused-ring (bicyclic) bond motifs is 2. The largest absolute Gasteiger partial charge is 0.474 e. The number of hydrogen-bond donors (Lipinski definition) is 2. The normalized spacial score (nSPS) is 23.7. The summed E-state index contributed by atoms with van der Waals surface area (Å²) in [4.78, 5) is 26.1. The fourth-order valence-corrected chi connectivity index (χ4v) is 6.22. The predicted molar refractivity (Wildman–Crippen MR) is 144 cm³/mol. The molecule has 0 radical (unpaired) electrons. The van der Waals surface area contributed by atoms with Crippen LogP contribution in [0.3, 0.4) is 0 Å². The molecular formula is C27H33N5O5S. The number of rotatable bonds is 6. The third kappa shape index (κ3) is 5.04. The Bertz CT molecular complexity index is 1520. The van der Waals surface area contributed by atoms with Gasteiger partial charge in [0.1, 0.15) is 33.7 Å². The highest BCUT2D eigenvalue weighted by Gasteiger charge is 2.34. The van der Waals surface area contributed by atoms with Crippen molar-refractivity contribution in [3.8, 4) is 5.88 Å². The molecule has 0 bridgehead atoms. The van der Waals surface area contributed by atoms with Gasteiger partial charge in [-0.1, -0.05) is 6.92 Å². The van der Waals surface area contributed by atoms with E-state index in [1.54, 1.807) is 24.5 Å². The molecule has 3 aromatic heterocycles. The lowest BCUT2D eigenvalue weighted by atomic mass is 9.93. The van der Waals surface area contributed by atoms with Gasteiger partial charge >= 0.3 is 5.97 Å². The Morgan fingerprint density at radius 1 is 1.11 bits per heavy atom. The van der Waals surface area contributed by atoms with Crippen LogP contribution >= 0.6 is 0 Å². The first kappa shape index (κ1) is 26.3. The summed E-state index contributed by atoms with van der Waals surface area (Å²) in [6.45, 7) is 7.64. The standard InChI is InChI=1S/C27H33N5O5S/c1-14-15(2)36-26(33)18-8-9-22(32-24(14)18)31-23-11-19-20(12-29-23)25(30-13-21(19)27(3,4)28)37-16-6-7-17(10-16)38(5,34)35/h8-9,11-17H,6-7,10,28H2,1-5H3,(H,29,31,32)/t14-,15-,16+,17-/m0/s1. The second-order valence-electron chi connectivity index (χ2n) is 11.0. The molecule has 0 aromatic carbocycles. The van der Waals surface area contributed by atoms with E-state index >= 15 is 0 Å². The molecule has 4 atom stereocenters. The van der Waals surface area contributed by atoms with Gasteiger partial charge in [0.25, 0.3) is 0 Å². The summed E-state index contributed by atoms with van der Waals surface area (Å²) < 4.78 is 35.6. The van der Waals surface area contributed by atoms with Crippen molar-refractivity contribution < 1.29 is 22.7 Å². The van der Waals surface area contributed by atoms with Crippen molar-refractivity contribution in [3.63, 3.8) is 0 Å². The number of nitrogens with zero attached hydrogens (tertiary/aromatic N) is 3. The Labute approximate surface area is 222 Å². The quantitative estimate of drug-likeness (QED) is 0.441. The number of carbonyl (C=O) groups excluding carboxylic acids is 1. The molecule has 3 N–H and O–H groups in total. The van der Waals surface area contributed by atoms with E-state index in [9.17, 15) is 13.2 Å². The van der Waals surface area contributed by atoms with E-state index in [4.69, 9.17) is 20.2 Å². The molecule has 1 aliphatic carbocycles. The zero-order chi connectivity index (χ0) is 27.4. The van der Waals surface area contributed by atoms with Gasteiger partial charge in [-0.05, 0) is 62.8 Å². The smallest absolute Gasteiger partial charge is 0.340 e. The summed E-state index contributed by atoms with van der Waals surface area (Å²) in [5, 5.41) is 4.36. The lowest BCUT2D eigenvalue weighted by Gasteiger charge is -2.27. The first-order chi connectivity index (χ1) is 17.8. The van der Waals surface area contributed by atoms with Crippen LogP contribution in [0.25, 0.3) is 10.8 Å². The number of pyridine rings is 3. The van der Waals surface area contributed by atoms with Crippen LogP contribution in [0.15, 0.2) is 30.6 Å². The molecule has 11 heteroatoms. The number of nitrogens with one attached hydrogen (secondary N) is 1. The SMILES string of the molecule is C[C@@H]1OC(=O)c2ccc(Nc3cc4c(C(C)(C)N)cnc(O[C@@H]5CC[C@H](S(C)(=O)=O)C5)c4cn3)nc2[C@H]1C. The van der Waals surface area contributed by atoms with Crippen molar-refractivity contribution >= 4 is 38.2 Å². The summed E-state index contributed by atoms with van der Waals surface area (Å²) in [5.74, 6) is 1.10. The van der Waals surface area contributed by atoms with E-state index in [-0.39, 0.29) is 24.1 Å². The molecule has 38 heavy (non-hydrogen) atoms. The number of hydrogen-bond acceptors (Lipinski definition) is 10. The predicted octanol–water partition coefficient (Wildman–Crippen LogP) is 3.97. The van der Waals surface area contributed by atoms with Gasteiger partial charge in [0, 0.05) is 36.5 Å². The van der Waals surface area contributed by atoms with Gasteiger partial charge in [-0.2, -0.15) is 0 Å². The van der Waals surface area contributed by atoms with Gasteiger partial charge in [0.2, 0.25) is 5.88 Å². The molecule has 1 aliphatic heterocycles. The number of esters is 1. The highest BCUT2D eigenvalue weighted by Crippen LogP contribution is 2.36. The number of cyclic esters (lactones) is 1. The van der Waals surface area contributed by atoms with Crippen molar-refractivity contribution in [2.24, 2.45) is 5.73 Å². The van der Waals surface area contributed by atoms with Crippen LogP contribution < -0.4 is 15.8 Å². The number of carbonyl (C=O) groups is 1. The van der Waals surface area contributed by atoms with Gasteiger partial charge < -0.3 is 20.5 Å². The van der Waals surface area contributed by atoms with Crippen molar-refractivity contribution in [1.82, 2.24) is 15.0 Å². The maximum absolute atomic E-state index is 12.3. The maximum atomic E-state index is 12.3. The fraction of sp³-hybridized carbons (Fsp3) is 0.481. The molecule has 1 fully saturated rings. The van der Waals surface area contributed by atoms with E-state index in [2.05, 4.69) is 15.3 Å². The van der Waals surface area contributed by atoms with Crippen LogP contribution in [0.4, 0.5) is 11.6 Å². The monoisotopic (exact) mass is 539 g/mol. The zero-order valence-electron chi connectivity index (χ0n) is 22.2. The molecule has 2 aliphatic rings. The first-order valence-electron chi connectivity index (χ1n) is 12.7. The molecule has 10 nitrogen and oxygen atoms in total. The molecule has 5 rings (SSSR count). The molecule has 3 aromatic rings. The van der Waals surface area contributed by atoms with E-state index in [1.807, 2.05) is 33.8 Å². The summed E-state index contributed by atoms with van der Waals surface area (Å²) in [5.41, 5.74) is 7.76. The molecule has 4 heterocycles. The molecule has 0 saturated heterocycles. The minimum Gasteiger partial charge on any atom is -0.474 e. The highest BCUT2D eigenvalue weighted by atomic mass is 32.2. The maximum Gasteiger partial charge on any atom is 0.340 e. The van der Waals surface area contributed by atoms with Gasteiger partial charge in [-0.15, -0.1) is 0 Å². The number of sulfone groups is 1. The van der Waals surface area contributed by atoms with Crippen molar-refractivity contribution in [2.75, 3.05) is 11.6 Å². The molecule has 0 unspecified atom stereocenters. The summed E-state index contributed by atoms with van der Waals surface area (Å²) >= 11 is 0. The Morgan fingerprint density at radius 3 is 2.55 bits per heavy atom. The Kier molecular flexibility index (Phi) is 6.55. The second-order valence-corrected chi connectivity index (χ2v) is 13.3. The first-order valence-corrected chi connectivity index (χ1v) is 14.7. The summed E-state index contributed by atoms with van der Waals surface area (Å²) in [6, 6.07) is 5.32. The van der Waals surface area contributed by atoms with Crippen LogP contribution in [0.1, 0.15) is 74.5 Å². The Morgan fingerprint density at radius 2 is 1.87 bits per heavy atom. The average Bonchev–Trinajstić information content (AvgIpc) is 3.31. The molecule has 1 saturated carbocycles. The third-order valence-electron chi connectivity index (χ3n) is 7.48. The molecule has 0 spiro atoms. The number of aromatic nitrogens is 3. The van der Waals surface area contributed by atoms with Crippen LogP contribution in [-0.2, 0) is 20.1 Å². The Balaban J connectivity index is 1.48. The average molecular weight is 540 g/mol. The highest BCUT2D eigenvalue weighted by molar-refractivity contribution is 7.91. The molecule has 0 amide bonds. The van der Waals surface area contributed by atoms with Crippen molar-refractivity contribution in [3.05, 3.63) is 47.4 Å². The molecular weight excluding hydrogens is 506 g/mol. The van der Waals surface area contributed by atoms with Gasteiger partial charge in [0.05, 0.1) is 21.9 Å². The minimum atomic E-state index is -3.12. The van der Waals surface area contributed by atoms with E-state index in [1.165, 1.54) is 6.26 Å². The summed E-state index contributed by atoms with van der Waals surface area (Å²) in [6.07, 6.45) is 5.81. The topological polar surface area (TPSA) is 146 Å². The Hall–Kier alpha value is -3.31. The molecule has 202 valence electrons. The van der Waals surface area contributed by atoms with Crippen molar-refractivity contribution in [1.29, 1.82) is 0 Å². The van der Waals surface area contributed by atoms with Crippen LogP contribution in [-0.4, -0.2) is 53.1 Å². The van der Waals surface area contributed by atoms with Gasteiger partial charge in [-0.25, -0.2) is 28.2 Å².